The number of anilines is 1. The summed E-state index contributed by atoms with van der Waals surface area (Å²) in [5.41, 5.74) is 0. The molecule has 1 N–H and O–H groups in total. The van der Waals surface area contributed by atoms with Gasteiger partial charge in [-0.3, -0.25) is 0 Å². The van der Waals surface area contributed by atoms with Gasteiger partial charge in [-0.2, -0.15) is 11.8 Å². The largest absolute Gasteiger partial charge is 0.369 e. The Bertz CT molecular complexity index is 270. The van der Waals surface area contributed by atoms with Crippen LogP contribution in [0.25, 0.3) is 0 Å². The first-order valence-electron chi connectivity index (χ1n) is 4.55. The van der Waals surface area contributed by atoms with Gasteiger partial charge >= 0.3 is 0 Å². The van der Waals surface area contributed by atoms with Crippen LogP contribution in [0, 0.1) is 0 Å². The zero-order valence-corrected chi connectivity index (χ0v) is 8.60. The fourth-order valence-electron chi connectivity index (χ4n) is 1.31. The lowest BCUT2D eigenvalue weighted by Gasteiger charge is -2.12. The lowest BCUT2D eigenvalue weighted by molar-refractivity contribution is 0.940. The molecular weight excluding hydrogens is 180 g/mol. The summed E-state index contributed by atoms with van der Waals surface area (Å²) in [4.78, 5) is 4.22. The van der Waals surface area contributed by atoms with Crippen LogP contribution in [0.3, 0.4) is 0 Å². The van der Waals surface area contributed by atoms with Crippen LogP contribution >= 0.6 is 11.8 Å². The molecule has 70 valence electrons. The van der Waals surface area contributed by atoms with Crippen molar-refractivity contribution in [1.29, 1.82) is 0 Å². The summed E-state index contributed by atoms with van der Waals surface area (Å²) in [7, 11) is 0. The SMILES string of the molecule is CSC1(CNc2ccccn2)CC1. The van der Waals surface area contributed by atoms with Gasteiger partial charge in [-0.1, -0.05) is 6.07 Å². The van der Waals surface area contributed by atoms with Crippen LogP contribution in [0.5, 0.6) is 0 Å². The molecule has 0 amide bonds. The van der Waals surface area contributed by atoms with E-state index in [-0.39, 0.29) is 0 Å². The van der Waals surface area contributed by atoms with Crippen molar-refractivity contribution in [2.24, 2.45) is 0 Å². The van der Waals surface area contributed by atoms with Crippen LogP contribution in [-0.4, -0.2) is 22.5 Å². The molecule has 1 aliphatic carbocycles. The molecule has 0 spiro atoms. The van der Waals surface area contributed by atoms with Crippen molar-refractivity contribution in [3.63, 3.8) is 0 Å². The molecule has 2 nitrogen and oxygen atoms in total. The third-order valence-corrected chi connectivity index (χ3v) is 3.92. The number of rotatable bonds is 4. The van der Waals surface area contributed by atoms with Gasteiger partial charge in [0, 0.05) is 17.5 Å². The molecule has 1 fully saturated rings. The van der Waals surface area contributed by atoms with E-state index in [1.54, 1.807) is 0 Å². The van der Waals surface area contributed by atoms with Crippen molar-refractivity contribution >= 4 is 17.6 Å². The molecule has 1 heterocycles. The average Bonchev–Trinajstić information content (AvgIpc) is 2.97. The number of nitrogens with one attached hydrogen (secondary N) is 1. The van der Waals surface area contributed by atoms with Crippen molar-refractivity contribution < 1.29 is 0 Å². The van der Waals surface area contributed by atoms with Crippen molar-refractivity contribution in [1.82, 2.24) is 4.98 Å². The van der Waals surface area contributed by atoms with Crippen molar-refractivity contribution in [3.8, 4) is 0 Å². The van der Waals surface area contributed by atoms with Gasteiger partial charge in [0.15, 0.2) is 0 Å². The van der Waals surface area contributed by atoms with E-state index in [0.29, 0.717) is 4.75 Å². The molecule has 2 rings (SSSR count). The maximum absolute atomic E-state index is 4.22. The normalized spacial score (nSPS) is 18.2. The standard InChI is InChI=1S/C10H14N2S/c1-13-10(5-6-10)8-12-9-4-2-3-7-11-9/h2-4,7H,5-6,8H2,1H3,(H,11,12). The fourth-order valence-corrected chi connectivity index (χ4v) is 2.04. The van der Waals surface area contributed by atoms with E-state index in [2.05, 4.69) is 16.6 Å². The lowest BCUT2D eigenvalue weighted by Crippen LogP contribution is -2.17. The van der Waals surface area contributed by atoms with Crippen molar-refractivity contribution in [3.05, 3.63) is 24.4 Å². The van der Waals surface area contributed by atoms with Crippen LogP contribution in [-0.2, 0) is 0 Å². The second kappa shape index (κ2) is 3.58. The zero-order valence-electron chi connectivity index (χ0n) is 7.79. The third-order valence-electron chi connectivity index (χ3n) is 2.50. The Labute approximate surface area is 83.1 Å². The zero-order chi connectivity index (χ0) is 9.15. The van der Waals surface area contributed by atoms with Crippen LogP contribution in [0.4, 0.5) is 5.82 Å². The first kappa shape index (κ1) is 8.88. The van der Waals surface area contributed by atoms with E-state index >= 15 is 0 Å². The predicted octanol–water partition coefficient (Wildman–Crippen LogP) is 2.39. The molecule has 1 aromatic rings. The number of aromatic nitrogens is 1. The molecule has 1 aliphatic rings. The Morgan fingerprint density at radius 2 is 2.38 bits per heavy atom. The minimum atomic E-state index is 0.511. The molecule has 1 saturated carbocycles. The van der Waals surface area contributed by atoms with Crippen molar-refractivity contribution in [2.45, 2.75) is 17.6 Å². The summed E-state index contributed by atoms with van der Waals surface area (Å²) in [5.74, 6) is 0.989. The Hall–Kier alpha value is -0.700. The Morgan fingerprint density at radius 3 is 2.92 bits per heavy atom. The summed E-state index contributed by atoms with van der Waals surface area (Å²) in [6, 6.07) is 5.96. The molecular formula is C10H14N2S. The number of hydrogen-bond acceptors (Lipinski definition) is 3. The quantitative estimate of drug-likeness (QED) is 0.796. The molecule has 0 bridgehead atoms. The fraction of sp³-hybridized carbons (Fsp3) is 0.500. The first-order chi connectivity index (χ1) is 6.35. The summed E-state index contributed by atoms with van der Waals surface area (Å²) in [5, 5.41) is 3.37. The second-order valence-corrected chi connectivity index (χ2v) is 4.73. The molecule has 0 aliphatic heterocycles. The maximum Gasteiger partial charge on any atom is 0.125 e. The van der Waals surface area contributed by atoms with Crippen LogP contribution in [0.2, 0.25) is 0 Å². The Morgan fingerprint density at radius 1 is 1.54 bits per heavy atom. The number of hydrogen-bond donors (Lipinski definition) is 1. The molecule has 13 heavy (non-hydrogen) atoms. The second-order valence-electron chi connectivity index (χ2n) is 3.46. The van der Waals surface area contributed by atoms with Gasteiger partial charge in [0.25, 0.3) is 0 Å². The Kier molecular flexibility index (Phi) is 2.44. The minimum absolute atomic E-state index is 0.511. The highest BCUT2D eigenvalue weighted by Crippen LogP contribution is 2.46. The summed E-state index contributed by atoms with van der Waals surface area (Å²) in [6.45, 7) is 1.05. The highest BCUT2D eigenvalue weighted by molar-refractivity contribution is 8.00. The molecule has 0 saturated heterocycles. The van der Waals surface area contributed by atoms with Gasteiger partial charge in [0.1, 0.15) is 5.82 Å². The third kappa shape index (κ3) is 2.15. The average molecular weight is 194 g/mol. The van der Waals surface area contributed by atoms with Gasteiger partial charge < -0.3 is 5.32 Å². The van der Waals surface area contributed by atoms with E-state index in [9.17, 15) is 0 Å². The van der Waals surface area contributed by atoms with Crippen LogP contribution < -0.4 is 5.32 Å². The maximum atomic E-state index is 4.22. The lowest BCUT2D eigenvalue weighted by atomic mass is 10.4. The monoisotopic (exact) mass is 194 g/mol. The van der Waals surface area contributed by atoms with Gasteiger partial charge in [-0.05, 0) is 31.2 Å². The van der Waals surface area contributed by atoms with Gasteiger partial charge in [-0.15, -0.1) is 0 Å². The van der Waals surface area contributed by atoms with E-state index in [0.717, 1.165) is 12.4 Å². The molecule has 0 atom stereocenters. The van der Waals surface area contributed by atoms with E-state index in [4.69, 9.17) is 0 Å². The highest BCUT2D eigenvalue weighted by atomic mass is 32.2. The number of nitrogens with zero attached hydrogens (tertiary/aromatic N) is 1. The van der Waals surface area contributed by atoms with Crippen LogP contribution in [0.1, 0.15) is 12.8 Å². The highest BCUT2D eigenvalue weighted by Gasteiger charge is 2.41. The molecule has 0 unspecified atom stereocenters. The van der Waals surface area contributed by atoms with Gasteiger partial charge in [0.05, 0.1) is 0 Å². The van der Waals surface area contributed by atoms with E-state index < -0.39 is 0 Å². The van der Waals surface area contributed by atoms with Gasteiger partial charge in [0.2, 0.25) is 0 Å². The summed E-state index contributed by atoms with van der Waals surface area (Å²) >= 11 is 1.97. The minimum Gasteiger partial charge on any atom is -0.369 e. The molecule has 1 aromatic heterocycles. The number of pyridine rings is 1. The summed E-state index contributed by atoms with van der Waals surface area (Å²) < 4.78 is 0.511. The van der Waals surface area contributed by atoms with Crippen LogP contribution in [0.15, 0.2) is 24.4 Å². The molecule has 3 heteroatoms. The topological polar surface area (TPSA) is 24.9 Å². The first-order valence-corrected chi connectivity index (χ1v) is 5.77. The van der Waals surface area contributed by atoms with E-state index in [1.165, 1.54) is 12.8 Å². The number of thioether (sulfide) groups is 1. The smallest absolute Gasteiger partial charge is 0.125 e. The Balaban J connectivity index is 1.86. The predicted molar refractivity (Wildman–Crippen MR) is 58.2 cm³/mol. The van der Waals surface area contributed by atoms with E-state index in [1.807, 2.05) is 36.2 Å². The van der Waals surface area contributed by atoms with Crippen molar-refractivity contribution in [2.75, 3.05) is 18.1 Å². The molecule has 0 aromatic carbocycles. The molecule has 0 radical (unpaired) electrons. The van der Waals surface area contributed by atoms with Gasteiger partial charge in [-0.25, -0.2) is 4.98 Å². The summed E-state index contributed by atoms with van der Waals surface area (Å²) in [6.07, 6.45) is 6.69.